The summed E-state index contributed by atoms with van der Waals surface area (Å²) in [6.45, 7) is 7.84. The molecular weight excluding hydrogens is 224 g/mol. The average molecular weight is 260 g/mol. The van der Waals surface area contributed by atoms with Gasteiger partial charge in [0, 0.05) is 6.42 Å². The summed E-state index contributed by atoms with van der Waals surface area (Å²) in [5.41, 5.74) is 0. The van der Waals surface area contributed by atoms with Crippen molar-refractivity contribution in [2.75, 3.05) is 0 Å². The molecule has 0 rings (SSSR count). The molecule has 0 radical (unpaired) electrons. The van der Waals surface area contributed by atoms with Crippen molar-refractivity contribution in [3.8, 4) is 0 Å². The van der Waals surface area contributed by atoms with Crippen LogP contribution in [0.5, 0.6) is 0 Å². The highest BCUT2D eigenvalue weighted by Crippen LogP contribution is 2.04. The molecule has 0 fully saturated rings. The number of carbonyl (C=O) groups is 1. The third-order valence-corrected chi connectivity index (χ3v) is 2.61. The molecule has 0 saturated carbocycles. The first-order valence-corrected chi connectivity index (χ1v) is 7.22. The first kappa shape index (κ1) is 22.8. The second-order valence-corrected chi connectivity index (χ2v) is 4.86. The first-order chi connectivity index (χ1) is 8.04. The van der Waals surface area contributed by atoms with Crippen molar-refractivity contribution < 1.29 is 9.90 Å². The summed E-state index contributed by atoms with van der Waals surface area (Å²) in [4.78, 5) is 10.3. The van der Waals surface area contributed by atoms with Gasteiger partial charge in [0.1, 0.15) is 5.78 Å². The van der Waals surface area contributed by atoms with Crippen LogP contribution in [0, 0.1) is 0 Å². The van der Waals surface area contributed by atoms with Crippen LogP contribution in [0.2, 0.25) is 0 Å². The van der Waals surface area contributed by atoms with Crippen molar-refractivity contribution in [2.45, 2.75) is 99.0 Å². The molecule has 18 heavy (non-hydrogen) atoms. The maximum atomic E-state index is 10.3. The summed E-state index contributed by atoms with van der Waals surface area (Å²) in [6, 6.07) is 0. The van der Waals surface area contributed by atoms with E-state index in [1.807, 2.05) is 6.92 Å². The lowest BCUT2D eigenvalue weighted by atomic mass is 10.1. The van der Waals surface area contributed by atoms with E-state index in [2.05, 4.69) is 13.8 Å². The van der Waals surface area contributed by atoms with E-state index in [0.29, 0.717) is 5.78 Å². The van der Waals surface area contributed by atoms with Crippen LogP contribution in [0.25, 0.3) is 0 Å². The lowest BCUT2D eigenvalue weighted by Crippen LogP contribution is -1.97. The van der Waals surface area contributed by atoms with Gasteiger partial charge in [-0.2, -0.15) is 0 Å². The number of aliphatic hydroxyl groups is 1. The molecule has 2 heteroatoms. The van der Waals surface area contributed by atoms with Gasteiger partial charge in [0.05, 0.1) is 6.10 Å². The van der Waals surface area contributed by atoms with E-state index in [4.69, 9.17) is 5.11 Å². The molecular formula is C16H36O2. The summed E-state index contributed by atoms with van der Waals surface area (Å²) in [6.07, 6.45) is 10.2. The van der Waals surface area contributed by atoms with Gasteiger partial charge in [0.15, 0.2) is 0 Å². The second kappa shape index (κ2) is 19.0. The fourth-order valence-corrected chi connectivity index (χ4v) is 1.49. The van der Waals surface area contributed by atoms with Crippen LogP contribution in [0.1, 0.15) is 92.9 Å². The zero-order chi connectivity index (χ0) is 13.5. The lowest BCUT2D eigenvalue weighted by Gasteiger charge is -2.01. The fourth-order valence-electron chi connectivity index (χ4n) is 1.49. The van der Waals surface area contributed by atoms with Crippen molar-refractivity contribution in [2.24, 2.45) is 0 Å². The minimum Gasteiger partial charge on any atom is -0.393 e. The van der Waals surface area contributed by atoms with Crippen LogP contribution in [-0.4, -0.2) is 17.0 Å². The number of rotatable bonds is 9. The van der Waals surface area contributed by atoms with Crippen LogP contribution in [0.3, 0.4) is 0 Å². The quantitative estimate of drug-likeness (QED) is 0.583. The molecule has 0 bridgehead atoms. The van der Waals surface area contributed by atoms with Crippen LogP contribution in [0.15, 0.2) is 0 Å². The number of carbonyl (C=O) groups excluding carboxylic acids is 1. The Kier molecular flexibility index (Phi) is 24.0. The smallest absolute Gasteiger partial charge is 0.129 e. The minimum absolute atomic E-state index is 0. The Morgan fingerprint density at radius 1 is 1.00 bits per heavy atom. The van der Waals surface area contributed by atoms with E-state index in [9.17, 15) is 4.79 Å². The summed E-state index contributed by atoms with van der Waals surface area (Å²) < 4.78 is 0. The van der Waals surface area contributed by atoms with Crippen LogP contribution < -0.4 is 0 Å². The van der Waals surface area contributed by atoms with Gasteiger partial charge in [0.25, 0.3) is 0 Å². The van der Waals surface area contributed by atoms with Gasteiger partial charge in [0.2, 0.25) is 0 Å². The molecule has 1 unspecified atom stereocenters. The molecule has 1 N–H and O–H groups in total. The predicted molar refractivity (Wildman–Crippen MR) is 82.0 cm³/mol. The number of hydrogen-bond acceptors (Lipinski definition) is 2. The average Bonchev–Trinajstić information content (AvgIpc) is 2.25. The minimum atomic E-state index is -0.0955. The van der Waals surface area contributed by atoms with Gasteiger partial charge in [-0.3, -0.25) is 0 Å². The molecule has 0 aliphatic heterocycles. The van der Waals surface area contributed by atoms with Gasteiger partial charge in [-0.15, -0.1) is 0 Å². The summed E-state index contributed by atoms with van der Waals surface area (Å²) >= 11 is 0. The van der Waals surface area contributed by atoms with Crippen molar-refractivity contribution >= 4 is 5.78 Å². The Bertz CT molecular complexity index is 153. The molecule has 0 aromatic carbocycles. The van der Waals surface area contributed by atoms with Crippen LogP contribution >= 0.6 is 0 Å². The number of aliphatic hydroxyl groups excluding tert-OH is 1. The molecule has 0 aliphatic rings. The van der Waals surface area contributed by atoms with Gasteiger partial charge in [-0.05, 0) is 26.7 Å². The highest BCUT2D eigenvalue weighted by molar-refractivity contribution is 5.75. The molecule has 0 aromatic rings. The highest BCUT2D eigenvalue weighted by atomic mass is 16.3. The Hall–Kier alpha value is -0.370. The number of unbranched alkanes of at least 4 members (excludes halogenated alkanes) is 5. The van der Waals surface area contributed by atoms with Crippen LogP contribution in [-0.2, 0) is 4.79 Å². The van der Waals surface area contributed by atoms with Gasteiger partial charge < -0.3 is 9.90 Å². The van der Waals surface area contributed by atoms with Crippen molar-refractivity contribution in [1.29, 1.82) is 0 Å². The molecule has 1 atom stereocenters. The largest absolute Gasteiger partial charge is 0.393 e. The van der Waals surface area contributed by atoms with E-state index in [0.717, 1.165) is 19.3 Å². The fraction of sp³-hybridized carbons (Fsp3) is 0.938. The highest BCUT2D eigenvalue weighted by Gasteiger charge is 1.93. The molecule has 0 aromatic heterocycles. The zero-order valence-electron chi connectivity index (χ0n) is 12.3. The third kappa shape index (κ3) is 29.6. The molecule has 0 heterocycles. The maximum absolute atomic E-state index is 10.3. The summed E-state index contributed by atoms with van der Waals surface area (Å²) in [7, 11) is 0. The van der Waals surface area contributed by atoms with E-state index >= 15 is 0 Å². The molecule has 0 amide bonds. The van der Waals surface area contributed by atoms with Gasteiger partial charge in [-0.25, -0.2) is 0 Å². The maximum Gasteiger partial charge on any atom is 0.129 e. The Morgan fingerprint density at radius 3 is 1.89 bits per heavy atom. The third-order valence-electron chi connectivity index (χ3n) is 2.61. The normalized spacial score (nSPS) is 10.9. The van der Waals surface area contributed by atoms with Crippen molar-refractivity contribution in [3.63, 3.8) is 0 Å². The number of Topliss-reactive ketones (excluding diaryl/α,β-unsaturated/α-hetero) is 1. The van der Waals surface area contributed by atoms with E-state index in [1.54, 1.807) is 6.92 Å². The molecule has 112 valence electrons. The lowest BCUT2D eigenvalue weighted by molar-refractivity contribution is -0.117. The Balaban J connectivity index is -0.000000238. The molecule has 0 spiro atoms. The van der Waals surface area contributed by atoms with E-state index in [1.165, 1.54) is 38.5 Å². The second-order valence-electron chi connectivity index (χ2n) is 4.86. The zero-order valence-corrected chi connectivity index (χ0v) is 12.3. The monoisotopic (exact) mass is 260 g/mol. The molecule has 2 nitrogen and oxygen atoms in total. The van der Waals surface area contributed by atoms with E-state index < -0.39 is 0 Å². The Morgan fingerprint density at radius 2 is 1.50 bits per heavy atom. The van der Waals surface area contributed by atoms with Crippen LogP contribution in [0.4, 0.5) is 0 Å². The number of ketones is 1. The molecule has 0 aliphatic carbocycles. The van der Waals surface area contributed by atoms with Gasteiger partial charge >= 0.3 is 0 Å². The predicted octanol–water partition coefficient (Wildman–Crippen LogP) is 5.13. The van der Waals surface area contributed by atoms with Crippen molar-refractivity contribution in [3.05, 3.63) is 0 Å². The first-order valence-electron chi connectivity index (χ1n) is 7.22. The topological polar surface area (TPSA) is 37.3 Å². The van der Waals surface area contributed by atoms with Gasteiger partial charge in [-0.1, -0.05) is 59.8 Å². The standard InChI is InChI=1S/C8H18O.C7H14O.CH4/c1-3-4-5-6-7-8(2)9;1-3-4-5-6-7(2)8;/h8-9H,3-7H2,1-2H3;3-6H2,1-2H3;1H4. The van der Waals surface area contributed by atoms with E-state index in [-0.39, 0.29) is 13.5 Å². The summed E-state index contributed by atoms with van der Waals surface area (Å²) in [5, 5.41) is 8.85. The Labute approximate surface area is 115 Å². The SMILES string of the molecule is C.CCCCCC(C)=O.CCCCCCC(C)O. The number of hydrogen-bond donors (Lipinski definition) is 1. The van der Waals surface area contributed by atoms with Crippen molar-refractivity contribution in [1.82, 2.24) is 0 Å². The summed E-state index contributed by atoms with van der Waals surface area (Å²) in [5.74, 6) is 0.318. The molecule has 0 saturated heterocycles.